The number of pyridine rings is 1. The zero-order valence-corrected chi connectivity index (χ0v) is 26.9. The number of aromatic nitrogens is 1. The Morgan fingerprint density at radius 3 is 1.62 bits per heavy atom. The molecule has 1 aromatic heterocycles. The van der Waals surface area contributed by atoms with E-state index in [9.17, 15) is 0 Å². The van der Waals surface area contributed by atoms with Crippen LogP contribution < -0.4 is 4.57 Å². The summed E-state index contributed by atoms with van der Waals surface area (Å²) in [6, 6.07) is 12.9. The first-order valence-corrected chi connectivity index (χ1v) is 15.7. The van der Waals surface area contributed by atoms with Crippen LogP contribution in [0.5, 0.6) is 0 Å². The van der Waals surface area contributed by atoms with Gasteiger partial charge in [-0.3, -0.25) is 0 Å². The molecule has 0 saturated heterocycles. The lowest BCUT2D eigenvalue weighted by molar-refractivity contribution is -0.764. The molecule has 39 heavy (non-hydrogen) atoms. The van der Waals surface area contributed by atoms with Gasteiger partial charge in [0.2, 0.25) is 5.69 Å². The predicted octanol–water partition coefficient (Wildman–Crippen LogP) is 9.91. The van der Waals surface area contributed by atoms with Crippen molar-refractivity contribution in [2.24, 2.45) is 0 Å². The van der Waals surface area contributed by atoms with E-state index < -0.39 is 0 Å². The third-order valence-corrected chi connectivity index (χ3v) is 12.4. The van der Waals surface area contributed by atoms with Gasteiger partial charge in [-0.2, -0.15) is 4.57 Å². The van der Waals surface area contributed by atoms with E-state index in [1.807, 2.05) is 0 Å². The van der Waals surface area contributed by atoms with Crippen LogP contribution in [0.2, 0.25) is 0 Å². The lowest BCUT2D eigenvalue weighted by Gasteiger charge is -2.47. The van der Waals surface area contributed by atoms with Crippen LogP contribution in [0.4, 0.5) is 0 Å². The van der Waals surface area contributed by atoms with Gasteiger partial charge in [0.1, 0.15) is 0 Å². The minimum Gasteiger partial charge on any atom is -0.192 e. The molecule has 2 heterocycles. The minimum absolute atomic E-state index is 0.00450. The van der Waals surface area contributed by atoms with Crippen LogP contribution in [0.15, 0.2) is 36.5 Å². The number of nitrogens with zero attached hydrogens (tertiary/aromatic N) is 1. The van der Waals surface area contributed by atoms with Gasteiger partial charge in [-0.05, 0) is 106 Å². The molecule has 0 amide bonds. The normalized spacial score (nSPS) is 28.9. The Hall–Kier alpha value is -2.15. The zero-order valence-electron chi connectivity index (χ0n) is 26.9. The Labute approximate surface area is 238 Å². The summed E-state index contributed by atoms with van der Waals surface area (Å²) in [7, 11) is 0. The van der Waals surface area contributed by atoms with Crippen molar-refractivity contribution in [2.75, 3.05) is 0 Å². The molecule has 0 spiro atoms. The van der Waals surface area contributed by atoms with E-state index in [1.165, 1.54) is 41.3 Å². The fourth-order valence-corrected chi connectivity index (χ4v) is 9.30. The third kappa shape index (κ3) is 3.40. The molecule has 1 nitrogen and oxygen atoms in total. The Balaban J connectivity index is 1.72. The number of fused-ring (bicyclic) bond motifs is 6. The highest BCUT2D eigenvalue weighted by Gasteiger charge is 2.57. The highest BCUT2D eigenvalue weighted by atomic mass is 15.1. The first-order chi connectivity index (χ1) is 17.9. The first kappa shape index (κ1) is 27.0. The molecule has 1 heteroatoms. The van der Waals surface area contributed by atoms with Crippen molar-refractivity contribution < 1.29 is 4.57 Å². The number of benzene rings is 2. The molecule has 2 atom stereocenters. The van der Waals surface area contributed by atoms with Crippen LogP contribution in [-0.2, 0) is 32.6 Å². The maximum absolute atomic E-state index is 2.70. The van der Waals surface area contributed by atoms with Crippen molar-refractivity contribution in [3.05, 3.63) is 64.3 Å². The molecule has 0 radical (unpaired) electrons. The second-order valence-corrected chi connectivity index (χ2v) is 16.5. The average Bonchev–Trinajstić information content (AvgIpc) is 3.05. The van der Waals surface area contributed by atoms with Crippen LogP contribution in [0.1, 0.15) is 143 Å². The zero-order chi connectivity index (χ0) is 28.6. The Bertz CT molecular complexity index is 1530. The van der Waals surface area contributed by atoms with Crippen LogP contribution >= 0.6 is 0 Å². The molecule has 0 fully saturated rings. The molecule has 2 aliphatic carbocycles. The molecule has 0 bridgehead atoms. The molecule has 6 rings (SSSR count). The Morgan fingerprint density at radius 2 is 1.08 bits per heavy atom. The molecular formula is C38H52N+. The van der Waals surface area contributed by atoms with Crippen molar-refractivity contribution in [1.29, 1.82) is 0 Å². The van der Waals surface area contributed by atoms with Crippen LogP contribution in [0.25, 0.3) is 22.0 Å². The number of rotatable bonds is 2. The molecular weight excluding hydrogens is 470 g/mol. The van der Waals surface area contributed by atoms with Crippen LogP contribution in [0, 0.1) is 0 Å². The topological polar surface area (TPSA) is 3.88 Å². The van der Waals surface area contributed by atoms with Gasteiger partial charge in [-0.25, -0.2) is 0 Å². The standard InChI is InChI=1S/C38H52N/c1-13-37(11)27-21-31-30(35(7,8)23-36(31,9)10)20-26(27)32-19-24-17-28-29(34(5,6)16-15-33(28,3)4)18-25(24)22-39(32)38(37,12)14-2/h17-22H,13-16,23H2,1-12H3/q+1. The molecule has 3 aromatic rings. The first-order valence-electron chi connectivity index (χ1n) is 15.7. The average molecular weight is 523 g/mol. The van der Waals surface area contributed by atoms with E-state index in [-0.39, 0.29) is 32.6 Å². The molecule has 1 aliphatic heterocycles. The Kier molecular flexibility index (Phi) is 5.39. The maximum atomic E-state index is 2.70. The lowest BCUT2D eigenvalue weighted by atomic mass is 9.59. The van der Waals surface area contributed by atoms with Gasteiger partial charge in [-0.1, -0.05) is 75.3 Å². The van der Waals surface area contributed by atoms with Crippen molar-refractivity contribution >= 4 is 10.8 Å². The van der Waals surface area contributed by atoms with Gasteiger partial charge in [-0.15, -0.1) is 0 Å². The van der Waals surface area contributed by atoms with E-state index in [0.717, 1.165) is 12.8 Å². The summed E-state index contributed by atoms with van der Waals surface area (Å²) in [4.78, 5) is 0. The molecule has 208 valence electrons. The SMILES string of the molecule is CCC1(C)c2cc3c(cc2-c2cc4cc5c(cc4c[n+]2C1(C)CC)C(C)(C)CCC5(C)C)C(C)(C)CC3(C)C. The Morgan fingerprint density at radius 1 is 0.564 bits per heavy atom. The number of hydrogen-bond donors (Lipinski definition) is 0. The van der Waals surface area contributed by atoms with Gasteiger partial charge in [0.25, 0.3) is 0 Å². The van der Waals surface area contributed by atoms with Gasteiger partial charge in [0, 0.05) is 24.8 Å². The minimum atomic E-state index is -0.00450. The predicted molar refractivity (Wildman–Crippen MR) is 167 cm³/mol. The van der Waals surface area contributed by atoms with Crippen molar-refractivity contribution in [2.45, 2.75) is 148 Å². The smallest absolute Gasteiger partial charge is 0.192 e. The summed E-state index contributed by atoms with van der Waals surface area (Å²) in [6.07, 6.45) is 8.48. The summed E-state index contributed by atoms with van der Waals surface area (Å²) in [6.45, 7) is 29.5. The lowest BCUT2D eigenvalue weighted by Crippen LogP contribution is -2.67. The monoisotopic (exact) mass is 522 g/mol. The number of hydrogen-bond acceptors (Lipinski definition) is 0. The van der Waals surface area contributed by atoms with E-state index >= 15 is 0 Å². The highest BCUT2D eigenvalue weighted by Crippen LogP contribution is 2.56. The van der Waals surface area contributed by atoms with E-state index in [0.29, 0.717) is 0 Å². The van der Waals surface area contributed by atoms with Gasteiger partial charge in [0.05, 0.1) is 11.0 Å². The van der Waals surface area contributed by atoms with Crippen molar-refractivity contribution in [3.63, 3.8) is 0 Å². The second-order valence-electron chi connectivity index (χ2n) is 16.5. The summed E-state index contributed by atoms with van der Waals surface area (Å²) in [5, 5.41) is 2.79. The summed E-state index contributed by atoms with van der Waals surface area (Å²) in [5.74, 6) is 0. The maximum Gasteiger partial charge on any atom is 0.213 e. The van der Waals surface area contributed by atoms with Gasteiger partial charge >= 0.3 is 0 Å². The third-order valence-electron chi connectivity index (χ3n) is 12.4. The van der Waals surface area contributed by atoms with E-state index in [4.69, 9.17) is 0 Å². The molecule has 2 unspecified atom stereocenters. The van der Waals surface area contributed by atoms with Crippen LogP contribution in [0.3, 0.4) is 0 Å². The molecule has 0 saturated carbocycles. The second kappa shape index (κ2) is 7.77. The van der Waals surface area contributed by atoms with E-state index in [1.54, 1.807) is 27.8 Å². The summed E-state index contributed by atoms with van der Waals surface area (Å²) < 4.78 is 2.70. The quantitative estimate of drug-likeness (QED) is 0.295. The fraction of sp³-hybridized carbons (Fsp3) is 0.605. The van der Waals surface area contributed by atoms with Crippen molar-refractivity contribution in [1.82, 2.24) is 0 Å². The largest absolute Gasteiger partial charge is 0.213 e. The molecule has 0 N–H and O–H groups in total. The highest BCUT2D eigenvalue weighted by molar-refractivity contribution is 5.87. The van der Waals surface area contributed by atoms with Crippen LogP contribution in [-0.4, -0.2) is 0 Å². The van der Waals surface area contributed by atoms with E-state index in [2.05, 4.69) is 124 Å². The summed E-state index contributed by atoms with van der Waals surface area (Å²) in [5.41, 5.74) is 11.6. The molecule has 2 aromatic carbocycles. The van der Waals surface area contributed by atoms with Crippen molar-refractivity contribution in [3.8, 4) is 11.3 Å². The summed E-state index contributed by atoms with van der Waals surface area (Å²) >= 11 is 0. The molecule has 3 aliphatic rings. The van der Waals surface area contributed by atoms with Gasteiger partial charge in [0.15, 0.2) is 11.7 Å². The fourth-order valence-electron chi connectivity index (χ4n) is 9.30. The van der Waals surface area contributed by atoms with Gasteiger partial charge < -0.3 is 0 Å².